The maximum absolute atomic E-state index is 11.9. The molecule has 0 radical (unpaired) electrons. The minimum absolute atomic E-state index is 0.178. The number of nitrogens with two attached hydrogens (primary N) is 1. The monoisotopic (exact) mass is 227 g/mol. The first-order valence-corrected chi connectivity index (χ1v) is 6.71. The normalized spacial score (nSPS) is 11.6. The quantitative estimate of drug-likeness (QED) is 0.802. The van der Waals surface area contributed by atoms with E-state index in [0.29, 0.717) is 12.1 Å². The summed E-state index contributed by atoms with van der Waals surface area (Å²) < 4.78 is 23.8. The van der Waals surface area contributed by atoms with Gasteiger partial charge in [0.05, 0.1) is 16.3 Å². The minimum Gasteiger partial charge on any atom is -0.398 e. The highest BCUT2D eigenvalue weighted by Gasteiger charge is 2.16. The lowest BCUT2D eigenvalue weighted by Crippen LogP contribution is -2.09. The molecule has 84 valence electrons. The van der Waals surface area contributed by atoms with Crippen molar-refractivity contribution in [2.24, 2.45) is 0 Å². The van der Waals surface area contributed by atoms with Crippen molar-refractivity contribution in [3.05, 3.63) is 23.8 Å². The Bertz CT molecular complexity index is 438. The molecule has 4 heteroatoms. The van der Waals surface area contributed by atoms with Crippen molar-refractivity contribution in [1.82, 2.24) is 0 Å². The summed E-state index contributed by atoms with van der Waals surface area (Å²) in [6.45, 7) is 3.83. The lowest BCUT2D eigenvalue weighted by molar-refractivity contribution is 0.593. The molecule has 1 aromatic carbocycles. The average Bonchev–Trinajstić information content (AvgIpc) is 2.18. The Morgan fingerprint density at radius 3 is 2.60 bits per heavy atom. The zero-order chi connectivity index (χ0) is 11.5. The van der Waals surface area contributed by atoms with Crippen LogP contribution >= 0.6 is 0 Å². The molecule has 1 rings (SSSR count). The third-order valence-electron chi connectivity index (χ3n) is 2.27. The second kappa shape index (κ2) is 4.66. The highest BCUT2D eigenvalue weighted by Crippen LogP contribution is 2.21. The van der Waals surface area contributed by atoms with Crippen molar-refractivity contribution in [3.8, 4) is 0 Å². The molecule has 0 amide bonds. The van der Waals surface area contributed by atoms with Crippen LogP contribution in [0.3, 0.4) is 0 Å². The van der Waals surface area contributed by atoms with Gasteiger partial charge in [-0.25, -0.2) is 8.42 Å². The SMILES string of the molecule is CCCCS(=O)(=O)c1cc(C)ccc1N. The number of sulfone groups is 1. The van der Waals surface area contributed by atoms with Crippen molar-refractivity contribution < 1.29 is 8.42 Å². The Morgan fingerprint density at radius 2 is 2.00 bits per heavy atom. The topological polar surface area (TPSA) is 60.2 Å². The Hall–Kier alpha value is -1.03. The van der Waals surface area contributed by atoms with Crippen LogP contribution < -0.4 is 5.73 Å². The van der Waals surface area contributed by atoms with Crippen molar-refractivity contribution in [3.63, 3.8) is 0 Å². The molecular formula is C11H17NO2S. The van der Waals surface area contributed by atoms with Gasteiger partial charge in [0.25, 0.3) is 0 Å². The van der Waals surface area contributed by atoms with Gasteiger partial charge in [0.2, 0.25) is 0 Å². The van der Waals surface area contributed by atoms with Gasteiger partial charge >= 0.3 is 0 Å². The maximum Gasteiger partial charge on any atom is 0.180 e. The van der Waals surface area contributed by atoms with E-state index in [1.165, 1.54) is 0 Å². The standard InChI is InChI=1S/C11H17NO2S/c1-3-4-7-15(13,14)11-8-9(2)5-6-10(11)12/h5-6,8H,3-4,7,12H2,1-2H3. The first-order chi connectivity index (χ1) is 6.97. The van der Waals surface area contributed by atoms with Crippen LogP contribution in [0.5, 0.6) is 0 Å². The summed E-state index contributed by atoms with van der Waals surface area (Å²) in [6, 6.07) is 5.10. The molecule has 0 bridgehead atoms. The average molecular weight is 227 g/mol. The van der Waals surface area contributed by atoms with E-state index >= 15 is 0 Å². The molecule has 3 nitrogen and oxygen atoms in total. The highest BCUT2D eigenvalue weighted by atomic mass is 32.2. The van der Waals surface area contributed by atoms with Gasteiger partial charge in [-0.2, -0.15) is 0 Å². The molecule has 0 saturated heterocycles. The number of benzene rings is 1. The Kier molecular flexibility index (Phi) is 3.74. The third kappa shape index (κ3) is 2.96. The summed E-state index contributed by atoms with van der Waals surface area (Å²) in [6.07, 6.45) is 1.54. The summed E-state index contributed by atoms with van der Waals surface area (Å²) in [5.41, 5.74) is 6.93. The fourth-order valence-corrected chi connectivity index (χ4v) is 3.04. The number of rotatable bonds is 4. The van der Waals surface area contributed by atoms with Crippen LogP contribution in [0.2, 0.25) is 0 Å². The van der Waals surface area contributed by atoms with Crippen LogP contribution in [0.4, 0.5) is 5.69 Å². The molecule has 0 saturated carbocycles. The molecule has 0 atom stereocenters. The summed E-state index contributed by atoms with van der Waals surface area (Å²) >= 11 is 0. The number of hydrogen-bond acceptors (Lipinski definition) is 3. The zero-order valence-electron chi connectivity index (χ0n) is 9.16. The van der Waals surface area contributed by atoms with Crippen LogP contribution in [0.15, 0.2) is 23.1 Å². The smallest absolute Gasteiger partial charge is 0.180 e. The van der Waals surface area contributed by atoms with Crippen molar-refractivity contribution in [1.29, 1.82) is 0 Å². The number of anilines is 1. The van der Waals surface area contributed by atoms with Gasteiger partial charge in [0.1, 0.15) is 0 Å². The number of hydrogen-bond donors (Lipinski definition) is 1. The lowest BCUT2D eigenvalue weighted by Gasteiger charge is -2.07. The second-order valence-electron chi connectivity index (χ2n) is 3.71. The van der Waals surface area contributed by atoms with E-state index in [1.807, 2.05) is 19.9 Å². The molecule has 1 aromatic rings. The van der Waals surface area contributed by atoms with Gasteiger partial charge < -0.3 is 5.73 Å². The first-order valence-electron chi connectivity index (χ1n) is 5.06. The van der Waals surface area contributed by atoms with Crippen LogP contribution in [0.25, 0.3) is 0 Å². The van der Waals surface area contributed by atoms with Gasteiger partial charge in [0, 0.05) is 0 Å². The summed E-state index contributed by atoms with van der Waals surface area (Å²) in [5, 5.41) is 0. The predicted molar refractivity (Wildman–Crippen MR) is 62.6 cm³/mol. The highest BCUT2D eigenvalue weighted by molar-refractivity contribution is 7.91. The Morgan fingerprint density at radius 1 is 1.33 bits per heavy atom. The fourth-order valence-electron chi connectivity index (χ4n) is 1.36. The van der Waals surface area contributed by atoms with E-state index in [2.05, 4.69) is 0 Å². The lowest BCUT2D eigenvalue weighted by atomic mass is 10.2. The molecule has 2 N–H and O–H groups in total. The number of aryl methyl sites for hydroxylation is 1. The van der Waals surface area contributed by atoms with Crippen LogP contribution in [0, 0.1) is 6.92 Å². The first kappa shape index (κ1) is 12.0. The molecule has 0 unspecified atom stereocenters. The van der Waals surface area contributed by atoms with E-state index in [9.17, 15) is 8.42 Å². The van der Waals surface area contributed by atoms with Crippen molar-refractivity contribution in [2.75, 3.05) is 11.5 Å². The maximum atomic E-state index is 11.9. The van der Waals surface area contributed by atoms with Gasteiger partial charge in [0.15, 0.2) is 9.84 Å². The van der Waals surface area contributed by atoms with Gasteiger partial charge in [-0.1, -0.05) is 19.4 Å². The molecule has 0 aliphatic rings. The summed E-state index contributed by atoms with van der Waals surface area (Å²) in [5.74, 6) is 0.178. The van der Waals surface area contributed by atoms with E-state index < -0.39 is 9.84 Å². The molecule has 15 heavy (non-hydrogen) atoms. The Balaban J connectivity index is 3.09. The number of nitrogen functional groups attached to an aromatic ring is 1. The molecule has 0 aliphatic carbocycles. The predicted octanol–water partition coefficient (Wildman–Crippen LogP) is 2.15. The Labute approximate surface area is 91.2 Å². The van der Waals surface area contributed by atoms with Crippen molar-refractivity contribution in [2.45, 2.75) is 31.6 Å². The molecule has 0 aromatic heterocycles. The van der Waals surface area contributed by atoms with Crippen LogP contribution in [0.1, 0.15) is 25.3 Å². The number of unbranched alkanes of at least 4 members (excludes halogenated alkanes) is 1. The van der Waals surface area contributed by atoms with Crippen LogP contribution in [-0.4, -0.2) is 14.2 Å². The van der Waals surface area contributed by atoms with Crippen LogP contribution in [-0.2, 0) is 9.84 Å². The van der Waals surface area contributed by atoms with E-state index in [1.54, 1.807) is 12.1 Å². The molecule has 0 aliphatic heterocycles. The molecule has 0 spiro atoms. The largest absolute Gasteiger partial charge is 0.398 e. The van der Waals surface area contributed by atoms with E-state index in [0.717, 1.165) is 12.0 Å². The zero-order valence-corrected chi connectivity index (χ0v) is 9.97. The molecule has 0 heterocycles. The molecule has 0 fully saturated rings. The van der Waals surface area contributed by atoms with Gasteiger partial charge in [-0.3, -0.25) is 0 Å². The van der Waals surface area contributed by atoms with Crippen molar-refractivity contribution >= 4 is 15.5 Å². The van der Waals surface area contributed by atoms with Gasteiger partial charge in [-0.05, 0) is 31.0 Å². The second-order valence-corrected chi connectivity index (χ2v) is 5.79. The third-order valence-corrected chi connectivity index (χ3v) is 4.12. The summed E-state index contributed by atoms with van der Waals surface area (Å²) in [7, 11) is -3.20. The molecular weight excluding hydrogens is 210 g/mol. The minimum atomic E-state index is -3.20. The van der Waals surface area contributed by atoms with Gasteiger partial charge in [-0.15, -0.1) is 0 Å². The fraction of sp³-hybridized carbons (Fsp3) is 0.455. The van der Waals surface area contributed by atoms with E-state index in [-0.39, 0.29) is 10.6 Å². The van der Waals surface area contributed by atoms with E-state index in [4.69, 9.17) is 5.73 Å². The summed E-state index contributed by atoms with van der Waals surface area (Å²) in [4.78, 5) is 0.274.